The number of carbonyl (C=O) groups excluding carboxylic acids is 4. The zero-order valence-corrected chi connectivity index (χ0v) is 24.3. The van der Waals surface area contributed by atoms with Crippen LogP contribution in [-0.2, 0) is 14.4 Å². The Morgan fingerprint density at radius 3 is 2.29 bits per heavy atom. The number of benzene rings is 1. The molecule has 10 heteroatoms. The first-order chi connectivity index (χ1) is 19.0. The summed E-state index contributed by atoms with van der Waals surface area (Å²) < 4.78 is 0. The van der Waals surface area contributed by atoms with Crippen LogP contribution < -0.4 is 5.73 Å². The van der Waals surface area contributed by atoms with E-state index in [0.717, 1.165) is 0 Å². The predicted octanol–water partition coefficient (Wildman–Crippen LogP) is 1.48. The molecule has 226 valence electrons. The molecule has 0 radical (unpaired) electrons. The van der Waals surface area contributed by atoms with Crippen molar-refractivity contribution in [3.05, 3.63) is 29.3 Å². The molecule has 10 nitrogen and oxygen atoms in total. The van der Waals surface area contributed by atoms with Gasteiger partial charge in [0.05, 0.1) is 17.6 Å². The first-order valence-electron chi connectivity index (χ1n) is 14.4. The maximum atomic E-state index is 14.2. The smallest absolute Gasteiger partial charge is 0.230 e. The van der Waals surface area contributed by atoms with Gasteiger partial charge in [-0.05, 0) is 53.6 Å². The molecule has 2 unspecified atom stereocenters. The maximum absolute atomic E-state index is 14.2. The number of aliphatic hydroxyl groups excluding tert-OH is 3. The lowest BCUT2D eigenvalue weighted by Crippen LogP contribution is -2.82. The summed E-state index contributed by atoms with van der Waals surface area (Å²) in [6, 6.07) is 4.66. The number of fused-ring (bicyclic) bond motifs is 3. The van der Waals surface area contributed by atoms with Gasteiger partial charge in [-0.2, -0.15) is 0 Å². The van der Waals surface area contributed by atoms with E-state index < -0.39 is 81.6 Å². The Kier molecular flexibility index (Phi) is 8.06. The van der Waals surface area contributed by atoms with Crippen LogP contribution in [0.4, 0.5) is 0 Å². The summed E-state index contributed by atoms with van der Waals surface area (Å²) in [5.41, 5.74) is 0.444. The van der Waals surface area contributed by atoms with Gasteiger partial charge in [0.2, 0.25) is 5.91 Å². The lowest BCUT2D eigenvalue weighted by molar-refractivity contribution is -0.292. The average Bonchev–Trinajstić information content (AvgIpc) is 2.88. The molecule has 2 saturated carbocycles. The van der Waals surface area contributed by atoms with Crippen molar-refractivity contribution < 1.29 is 44.7 Å². The molecule has 4 rings (SSSR count). The van der Waals surface area contributed by atoms with Crippen LogP contribution in [0.15, 0.2) is 18.2 Å². The Balaban J connectivity index is 2.05. The van der Waals surface area contributed by atoms with Crippen molar-refractivity contribution in [3.63, 3.8) is 0 Å². The van der Waals surface area contributed by atoms with E-state index in [4.69, 9.17) is 5.73 Å². The summed E-state index contributed by atoms with van der Waals surface area (Å²) in [5, 5.41) is 56.1. The minimum Gasteiger partial charge on any atom is -0.507 e. The summed E-state index contributed by atoms with van der Waals surface area (Å²) in [6.07, 6.45) is -2.87. The van der Waals surface area contributed by atoms with Crippen molar-refractivity contribution >= 4 is 23.3 Å². The fourth-order valence-corrected chi connectivity index (χ4v) is 9.13. The van der Waals surface area contributed by atoms with Crippen molar-refractivity contribution in [3.8, 4) is 5.75 Å². The number of rotatable bonds is 8. The molecule has 10 atom stereocenters. The number of unbranched alkanes of at least 4 members (excludes halogenated alkanes) is 1. The van der Waals surface area contributed by atoms with E-state index in [1.807, 2.05) is 6.92 Å². The monoisotopic (exact) mass is 573 g/mol. The number of phenolic OH excluding ortho intramolecular Hbond substituents is 1. The Labute approximate surface area is 239 Å². The van der Waals surface area contributed by atoms with Crippen molar-refractivity contribution in [1.29, 1.82) is 0 Å². The summed E-state index contributed by atoms with van der Waals surface area (Å²) in [5.74, 6) is -9.66. The molecule has 0 heterocycles. The maximum Gasteiger partial charge on any atom is 0.230 e. The van der Waals surface area contributed by atoms with Crippen LogP contribution in [0.5, 0.6) is 5.75 Å². The van der Waals surface area contributed by atoms with Crippen LogP contribution in [0, 0.1) is 40.4 Å². The third-order valence-electron chi connectivity index (χ3n) is 11.1. The van der Waals surface area contributed by atoms with Gasteiger partial charge >= 0.3 is 0 Å². The zero-order valence-electron chi connectivity index (χ0n) is 24.3. The summed E-state index contributed by atoms with van der Waals surface area (Å²) in [4.78, 5) is 54.4. The standard InChI is InChI=1S/C31H43NO9/c1-14(2)22-25(37)21(28(32)40)26(38)31(41)27(39)23-24(36)20-17(10-8-11-18(20)35)15(3)29(23,4)19(30(22,31)5)13-16(34)9-6-7-12-33/h8,10-11,14-15,19,21-23,25,27,33,35,37,39,41H,6-7,9,12-13H2,1-5H3,(H2,32,40)/t15-,19-,21-,22+,23-,25?,27?,29-,30-,31+/m1/s1. The van der Waals surface area contributed by atoms with Crippen molar-refractivity contribution in [2.45, 2.75) is 84.0 Å². The Hall–Kier alpha value is -2.66. The highest BCUT2D eigenvalue weighted by Crippen LogP contribution is 2.71. The third-order valence-corrected chi connectivity index (χ3v) is 11.1. The number of ketones is 3. The van der Waals surface area contributed by atoms with Gasteiger partial charge in [-0.1, -0.05) is 46.8 Å². The molecule has 2 fully saturated rings. The van der Waals surface area contributed by atoms with Crippen molar-refractivity contribution in [2.75, 3.05) is 6.61 Å². The van der Waals surface area contributed by atoms with Gasteiger partial charge in [-0.3, -0.25) is 19.2 Å². The van der Waals surface area contributed by atoms with Crippen molar-refractivity contribution in [2.24, 2.45) is 46.2 Å². The first kappa shape index (κ1) is 31.3. The summed E-state index contributed by atoms with van der Waals surface area (Å²) in [6.45, 7) is 8.60. The number of Topliss-reactive ketones (excluding diaryl/α,β-unsaturated/α-hetero) is 3. The molecule has 41 heavy (non-hydrogen) atoms. The molecular weight excluding hydrogens is 530 g/mol. The highest BCUT2D eigenvalue weighted by molar-refractivity contribution is 6.09. The number of aliphatic hydroxyl groups is 4. The van der Waals surface area contributed by atoms with E-state index >= 15 is 0 Å². The van der Waals surface area contributed by atoms with Gasteiger partial charge in [-0.15, -0.1) is 0 Å². The highest BCUT2D eigenvalue weighted by atomic mass is 16.4. The van der Waals surface area contributed by atoms with Gasteiger partial charge in [0, 0.05) is 24.9 Å². The Morgan fingerprint density at radius 1 is 1.10 bits per heavy atom. The van der Waals surface area contributed by atoms with Crippen molar-refractivity contribution in [1.82, 2.24) is 0 Å². The van der Waals surface area contributed by atoms with E-state index in [1.165, 1.54) is 6.07 Å². The van der Waals surface area contributed by atoms with Gasteiger partial charge in [-0.25, -0.2) is 0 Å². The predicted molar refractivity (Wildman–Crippen MR) is 148 cm³/mol. The van der Waals surface area contributed by atoms with Gasteiger partial charge in [0.15, 0.2) is 17.2 Å². The van der Waals surface area contributed by atoms with Crippen LogP contribution in [0.25, 0.3) is 0 Å². The summed E-state index contributed by atoms with van der Waals surface area (Å²) in [7, 11) is 0. The van der Waals surface area contributed by atoms with Gasteiger partial charge < -0.3 is 31.3 Å². The Bertz CT molecular complexity index is 1260. The molecule has 0 spiro atoms. The fourth-order valence-electron chi connectivity index (χ4n) is 9.13. The number of primary amides is 1. The van der Waals surface area contributed by atoms with Crippen LogP contribution >= 0.6 is 0 Å². The normalized spacial score (nSPS) is 40.1. The fraction of sp³-hybridized carbons (Fsp3) is 0.677. The van der Waals surface area contributed by atoms with Gasteiger partial charge in [0.1, 0.15) is 23.6 Å². The lowest BCUT2D eigenvalue weighted by atomic mass is 9.33. The van der Waals surface area contributed by atoms with Crippen LogP contribution in [0.2, 0.25) is 0 Å². The topological polar surface area (TPSA) is 195 Å². The van der Waals surface area contributed by atoms with Crippen LogP contribution in [0.1, 0.15) is 82.1 Å². The number of amides is 1. The molecule has 0 aliphatic heterocycles. The molecule has 3 aliphatic carbocycles. The second kappa shape index (κ2) is 10.6. The number of nitrogens with two attached hydrogens (primary N) is 1. The van der Waals surface area contributed by atoms with E-state index in [9.17, 15) is 44.7 Å². The number of carbonyl (C=O) groups is 4. The summed E-state index contributed by atoms with van der Waals surface area (Å²) >= 11 is 0. The molecule has 0 aromatic heterocycles. The number of aromatic hydroxyl groups is 1. The largest absolute Gasteiger partial charge is 0.507 e. The number of hydrogen-bond acceptors (Lipinski definition) is 9. The molecule has 0 bridgehead atoms. The first-order valence-corrected chi connectivity index (χ1v) is 14.4. The quantitative estimate of drug-likeness (QED) is 0.197. The second-order valence-electron chi connectivity index (χ2n) is 13.1. The molecule has 1 aromatic rings. The molecular formula is C31H43NO9. The second-order valence-corrected chi connectivity index (χ2v) is 13.1. The van der Waals surface area contributed by atoms with Gasteiger partial charge in [0.25, 0.3) is 0 Å². The average molecular weight is 574 g/mol. The van der Waals surface area contributed by atoms with E-state index in [0.29, 0.717) is 18.4 Å². The van der Waals surface area contributed by atoms with E-state index in [-0.39, 0.29) is 36.5 Å². The highest BCUT2D eigenvalue weighted by Gasteiger charge is 2.80. The minimum absolute atomic E-state index is 0.0168. The lowest BCUT2D eigenvalue weighted by Gasteiger charge is -2.71. The van der Waals surface area contributed by atoms with E-state index in [1.54, 1.807) is 39.8 Å². The van der Waals surface area contributed by atoms with Crippen LogP contribution in [-0.4, -0.2) is 73.2 Å². The number of phenols is 1. The number of hydrogen-bond donors (Lipinski definition) is 6. The zero-order chi connectivity index (χ0) is 30.8. The van der Waals surface area contributed by atoms with E-state index in [2.05, 4.69) is 0 Å². The minimum atomic E-state index is -2.72. The molecule has 7 N–H and O–H groups in total. The SMILES string of the molecule is CC(C)[C@H]1C(O)[C@@H](C(N)=O)C(=O)[C@]2(O)C(O)[C@H]3C(=O)c4c(O)cccc4[C@@H](C)[C@]3(C)[C@@H](CC(=O)CCCCO)[C@]12C. The molecule has 3 aliphatic rings. The molecule has 1 amide bonds. The molecule has 0 saturated heterocycles. The Morgan fingerprint density at radius 2 is 1.73 bits per heavy atom. The third kappa shape index (κ3) is 4.05. The molecule has 1 aromatic carbocycles. The van der Waals surface area contributed by atoms with Crippen LogP contribution in [0.3, 0.4) is 0 Å².